The van der Waals surface area contributed by atoms with E-state index in [1.165, 1.54) is 12.8 Å². The van der Waals surface area contributed by atoms with Crippen molar-refractivity contribution >= 4 is 16.8 Å². The molecule has 3 nitrogen and oxygen atoms in total. The summed E-state index contributed by atoms with van der Waals surface area (Å²) in [6, 6.07) is 8.03. The summed E-state index contributed by atoms with van der Waals surface area (Å²) in [5.74, 6) is 1.01. The molecule has 1 aliphatic heterocycles. The molecule has 1 saturated heterocycles. The van der Waals surface area contributed by atoms with Crippen LogP contribution in [0.15, 0.2) is 28.8 Å². The zero-order chi connectivity index (χ0) is 9.38. The van der Waals surface area contributed by atoms with E-state index in [9.17, 15) is 0 Å². The minimum atomic E-state index is 0.884. The van der Waals surface area contributed by atoms with Gasteiger partial charge in [0.2, 0.25) is 0 Å². The summed E-state index contributed by atoms with van der Waals surface area (Å²) in [7, 11) is 0. The highest BCUT2D eigenvalue weighted by atomic mass is 16.5. The van der Waals surface area contributed by atoms with Crippen LogP contribution in [0.1, 0.15) is 12.8 Å². The number of rotatable bonds is 1. The van der Waals surface area contributed by atoms with Crippen molar-refractivity contribution in [1.29, 1.82) is 0 Å². The molecular formula is C11H12N2O. The Morgan fingerprint density at radius 3 is 2.79 bits per heavy atom. The first-order valence-electron chi connectivity index (χ1n) is 5.04. The summed E-state index contributed by atoms with van der Waals surface area (Å²) in [6.45, 7) is 2.22. The maximum absolute atomic E-state index is 5.27. The van der Waals surface area contributed by atoms with Crippen LogP contribution in [0.25, 0.3) is 11.0 Å². The molecule has 14 heavy (non-hydrogen) atoms. The van der Waals surface area contributed by atoms with Crippen molar-refractivity contribution in [2.75, 3.05) is 18.0 Å². The van der Waals surface area contributed by atoms with E-state index in [1.807, 2.05) is 18.2 Å². The fraction of sp³-hybridized carbons (Fsp3) is 0.364. The molecule has 0 spiro atoms. The Labute approximate surface area is 82.3 Å². The lowest BCUT2D eigenvalue weighted by Gasteiger charge is -2.12. The molecule has 1 aromatic heterocycles. The van der Waals surface area contributed by atoms with Gasteiger partial charge in [0, 0.05) is 13.1 Å². The first-order chi connectivity index (χ1) is 6.95. The van der Waals surface area contributed by atoms with Crippen LogP contribution in [0.2, 0.25) is 0 Å². The predicted octanol–water partition coefficient (Wildman–Crippen LogP) is 2.43. The van der Waals surface area contributed by atoms with E-state index < -0.39 is 0 Å². The number of anilines is 1. The highest BCUT2D eigenvalue weighted by Crippen LogP contribution is 2.27. The van der Waals surface area contributed by atoms with Gasteiger partial charge in [0.05, 0.1) is 5.39 Å². The second kappa shape index (κ2) is 3.01. The van der Waals surface area contributed by atoms with Crippen molar-refractivity contribution in [3.05, 3.63) is 24.3 Å². The van der Waals surface area contributed by atoms with E-state index in [2.05, 4.69) is 16.1 Å². The van der Waals surface area contributed by atoms with E-state index in [0.717, 1.165) is 29.9 Å². The van der Waals surface area contributed by atoms with Crippen LogP contribution in [-0.4, -0.2) is 18.2 Å². The van der Waals surface area contributed by atoms with Crippen LogP contribution in [0.5, 0.6) is 0 Å². The number of hydrogen-bond donors (Lipinski definition) is 0. The monoisotopic (exact) mass is 188 g/mol. The van der Waals surface area contributed by atoms with Crippen LogP contribution in [0.4, 0.5) is 5.82 Å². The highest BCUT2D eigenvalue weighted by Gasteiger charge is 2.18. The molecule has 0 amide bonds. The summed E-state index contributed by atoms with van der Waals surface area (Å²) in [5, 5.41) is 5.26. The molecule has 0 atom stereocenters. The average Bonchev–Trinajstić information content (AvgIpc) is 2.85. The third-order valence-electron chi connectivity index (χ3n) is 2.76. The highest BCUT2D eigenvalue weighted by molar-refractivity contribution is 5.88. The van der Waals surface area contributed by atoms with Crippen LogP contribution < -0.4 is 4.90 Å². The lowest BCUT2D eigenvalue weighted by atomic mass is 10.2. The molecule has 3 heteroatoms. The van der Waals surface area contributed by atoms with E-state index in [-0.39, 0.29) is 0 Å². The molecule has 0 aliphatic carbocycles. The third kappa shape index (κ3) is 1.09. The van der Waals surface area contributed by atoms with Gasteiger partial charge in [0.25, 0.3) is 0 Å². The molecule has 2 heterocycles. The Hall–Kier alpha value is -1.51. The Bertz CT molecular complexity index is 443. The number of hydrogen-bond acceptors (Lipinski definition) is 3. The summed E-state index contributed by atoms with van der Waals surface area (Å²) in [6.07, 6.45) is 2.53. The van der Waals surface area contributed by atoms with Gasteiger partial charge >= 0.3 is 0 Å². The van der Waals surface area contributed by atoms with Gasteiger partial charge in [-0.15, -0.1) is 0 Å². The van der Waals surface area contributed by atoms with E-state index in [4.69, 9.17) is 4.52 Å². The van der Waals surface area contributed by atoms with Crippen molar-refractivity contribution in [3.8, 4) is 0 Å². The van der Waals surface area contributed by atoms with Crippen molar-refractivity contribution in [1.82, 2.24) is 5.16 Å². The second-order valence-corrected chi connectivity index (χ2v) is 3.70. The predicted molar refractivity (Wildman–Crippen MR) is 55.5 cm³/mol. The SMILES string of the molecule is c1ccc2c(N3CCCC3)noc2c1. The fourth-order valence-electron chi connectivity index (χ4n) is 2.03. The quantitative estimate of drug-likeness (QED) is 0.688. The number of nitrogens with zero attached hydrogens (tertiary/aromatic N) is 2. The van der Waals surface area contributed by atoms with E-state index >= 15 is 0 Å². The van der Waals surface area contributed by atoms with Gasteiger partial charge in [-0.1, -0.05) is 17.3 Å². The molecule has 0 N–H and O–H groups in total. The van der Waals surface area contributed by atoms with Gasteiger partial charge in [-0.2, -0.15) is 0 Å². The largest absolute Gasteiger partial charge is 0.354 e. The Balaban J connectivity index is 2.11. The number of benzene rings is 1. The molecule has 3 rings (SSSR count). The summed E-state index contributed by atoms with van der Waals surface area (Å²) in [5.41, 5.74) is 0.884. The summed E-state index contributed by atoms with van der Waals surface area (Å²) in [4.78, 5) is 2.30. The Morgan fingerprint density at radius 2 is 1.93 bits per heavy atom. The molecule has 1 aromatic carbocycles. The van der Waals surface area contributed by atoms with Crippen molar-refractivity contribution < 1.29 is 4.52 Å². The standard InChI is InChI=1S/C11H12N2O/c1-2-6-10-9(5-1)11(12-14-10)13-7-3-4-8-13/h1-2,5-6H,3-4,7-8H2. The maximum atomic E-state index is 5.27. The fourth-order valence-corrected chi connectivity index (χ4v) is 2.03. The van der Waals surface area contributed by atoms with Gasteiger partial charge < -0.3 is 9.42 Å². The topological polar surface area (TPSA) is 29.3 Å². The molecule has 1 fully saturated rings. The molecule has 0 radical (unpaired) electrons. The molecule has 72 valence electrons. The van der Waals surface area contributed by atoms with Crippen molar-refractivity contribution in [2.45, 2.75) is 12.8 Å². The lowest BCUT2D eigenvalue weighted by molar-refractivity contribution is 0.456. The Kier molecular flexibility index (Phi) is 1.69. The van der Waals surface area contributed by atoms with Gasteiger partial charge in [0.1, 0.15) is 0 Å². The lowest BCUT2D eigenvalue weighted by Crippen LogP contribution is -2.17. The van der Waals surface area contributed by atoms with Crippen LogP contribution in [0.3, 0.4) is 0 Å². The van der Waals surface area contributed by atoms with Gasteiger partial charge in [-0.25, -0.2) is 0 Å². The van der Waals surface area contributed by atoms with Gasteiger partial charge in [-0.05, 0) is 25.0 Å². The smallest absolute Gasteiger partial charge is 0.179 e. The zero-order valence-electron chi connectivity index (χ0n) is 7.94. The molecule has 2 aromatic rings. The number of fused-ring (bicyclic) bond motifs is 1. The third-order valence-corrected chi connectivity index (χ3v) is 2.76. The summed E-state index contributed by atoms with van der Waals surface area (Å²) < 4.78 is 5.27. The maximum Gasteiger partial charge on any atom is 0.179 e. The average molecular weight is 188 g/mol. The minimum Gasteiger partial charge on any atom is -0.354 e. The molecular weight excluding hydrogens is 176 g/mol. The molecule has 0 bridgehead atoms. The van der Waals surface area contributed by atoms with Crippen molar-refractivity contribution in [2.24, 2.45) is 0 Å². The normalized spacial score (nSPS) is 16.7. The second-order valence-electron chi connectivity index (χ2n) is 3.70. The van der Waals surface area contributed by atoms with E-state index in [1.54, 1.807) is 0 Å². The van der Waals surface area contributed by atoms with Crippen LogP contribution in [-0.2, 0) is 0 Å². The van der Waals surface area contributed by atoms with E-state index in [0.29, 0.717) is 0 Å². The summed E-state index contributed by atoms with van der Waals surface area (Å²) >= 11 is 0. The van der Waals surface area contributed by atoms with Crippen LogP contribution in [0, 0.1) is 0 Å². The molecule has 0 unspecified atom stereocenters. The minimum absolute atomic E-state index is 0.884. The molecule has 0 saturated carbocycles. The van der Waals surface area contributed by atoms with Crippen LogP contribution >= 0.6 is 0 Å². The van der Waals surface area contributed by atoms with Crippen molar-refractivity contribution in [3.63, 3.8) is 0 Å². The van der Waals surface area contributed by atoms with Gasteiger partial charge in [0.15, 0.2) is 11.4 Å². The first-order valence-corrected chi connectivity index (χ1v) is 5.04. The Morgan fingerprint density at radius 1 is 1.14 bits per heavy atom. The number of para-hydroxylation sites is 1. The molecule has 1 aliphatic rings. The first kappa shape index (κ1) is 7.85. The van der Waals surface area contributed by atoms with Gasteiger partial charge in [-0.3, -0.25) is 0 Å². The number of aromatic nitrogens is 1. The zero-order valence-corrected chi connectivity index (χ0v) is 7.94.